The minimum atomic E-state index is 0.557. The van der Waals surface area contributed by atoms with Gasteiger partial charge in [-0.25, -0.2) is 15.0 Å². The maximum Gasteiger partial charge on any atom is 0.167 e. The Morgan fingerprint density at radius 3 is 1.60 bits per heavy atom. The zero-order chi connectivity index (χ0) is 37.5. The molecule has 0 saturated heterocycles. The summed E-state index contributed by atoms with van der Waals surface area (Å²) in [6.45, 7) is 0. The molecule has 6 heteroatoms. The van der Waals surface area contributed by atoms with Crippen molar-refractivity contribution in [3.63, 3.8) is 0 Å². The van der Waals surface area contributed by atoms with Crippen molar-refractivity contribution in [2.75, 3.05) is 0 Å². The van der Waals surface area contributed by atoms with Crippen LogP contribution in [-0.4, -0.2) is 15.0 Å². The van der Waals surface area contributed by atoms with Crippen LogP contribution in [0.3, 0.4) is 0 Å². The Hall–Kier alpha value is -7.41. The van der Waals surface area contributed by atoms with E-state index in [1.807, 2.05) is 84.1 Å². The molecule has 12 aromatic rings. The average molecular weight is 748 g/mol. The molecule has 4 heterocycles. The highest BCUT2D eigenvalue weighted by Gasteiger charge is 2.21. The van der Waals surface area contributed by atoms with Gasteiger partial charge in [-0.3, -0.25) is 0 Å². The Bertz CT molecular complexity index is 3470. The number of hydrogen-bond acceptors (Lipinski definition) is 6. The third-order valence-corrected chi connectivity index (χ3v) is 12.1. The monoisotopic (exact) mass is 747 g/mol. The number of rotatable bonds is 5. The first-order valence-electron chi connectivity index (χ1n) is 18.9. The van der Waals surface area contributed by atoms with Crippen molar-refractivity contribution in [1.82, 2.24) is 15.0 Å². The molecule has 0 bridgehead atoms. The first-order valence-corrected chi connectivity index (χ1v) is 19.7. The molecular formula is C51H29N3O2S. The lowest BCUT2D eigenvalue weighted by atomic mass is 9.97. The van der Waals surface area contributed by atoms with Gasteiger partial charge in [-0.2, -0.15) is 0 Å². The number of para-hydroxylation sites is 3. The largest absolute Gasteiger partial charge is 0.455 e. The van der Waals surface area contributed by atoms with Gasteiger partial charge < -0.3 is 8.83 Å². The summed E-state index contributed by atoms with van der Waals surface area (Å²) >= 11 is 1.83. The maximum atomic E-state index is 6.97. The fraction of sp³-hybridized carbons (Fsp3) is 0. The van der Waals surface area contributed by atoms with Crippen LogP contribution in [-0.2, 0) is 0 Å². The Morgan fingerprint density at radius 1 is 0.333 bits per heavy atom. The number of fused-ring (bicyclic) bond motifs is 9. The molecule has 0 N–H and O–H groups in total. The summed E-state index contributed by atoms with van der Waals surface area (Å²) in [5, 5.41) is 6.73. The molecule has 0 aliphatic rings. The second-order valence-electron chi connectivity index (χ2n) is 14.3. The van der Waals surface area contributed by atoms with E-state index in [0.717, 1.165) is 77.3 Å². The molecule has 8 aromatic carbocycles. The Labute approximate surface area is 330 Å². The van der Waals surface area contributed by atoms with Crippen molar-refractivity contribution >= 4 is 75.4 Å². The van der Waals surface area contributed by atoms with Crippen LogP contribution < -0.4 is 0 Å². The van der Waals surface area contributed by atoms with Crippen molar-refractivity contribution in [1.29, 1.82) is 0 Å². The van der Waals surface area contributed by atoms with E-state index in [0.29, 0.717) is 17.5 Å². The summed E-state index contributed by atoms with van der Waals surface area (Å²) in [6, 6.07) is 60.8. The molecule has 0 aliphatic carbocycles. The predicted molar refractivity (Wildman–Crippen MR) is 234 cm³/mol. The standard InChI is InChI=1S/C51H29N3O2S/c1-3-13-30(14-4-1)49-52-50(31-15-5-2-6-16-31)54-51(53-49)40-24-11-23-38-41-29-32(27-28-42(41)55-48(38)40)33-18-9-21-36-37-22-10-20-35(47(37)56-46(33)36)34-19-12-26-44-45(34)39-17-7-8-25-43(39)57-44/h1-29H. The average Bonchev–Trinajstić information content (AvgIpc) is 3.98. The molecule has 0 radical (unpaired) electrons. The zero-order valence-electron chi connectivity index (χ0n) is 30.3. The molecule has 266 valence electrons. The molecule has 0 aliphatic heterocycles. The summed E-state index contributed by atoms with van der Waals surface area (Å²) in [5.74, 6) is 1.77. The summed E-state index contributed by atoms with van der Waals surface area (Å²) in [6.07, 6.45) is 0. The highest BCUT2D eigenvalue weighted by atomic mass is 32.1. The van der Waals surface area contributed by atoms with Crippen molar-refractivity contribution in [3.8, 4) is 56.4 Å². The lowest BCUT2D eigenvalue weighted by Gasteiger charge is -2.08. The quantitative estimate of drug-likeness (QED) is 0.175. The van der Waals surface area contributed by atoms with Gasteiger partial charge in [0.25, 0.3) is 0 Å². The van der Waals surface area contributed by atoms with Gasteiger partial charge in [0.05, 0.1) is 5.56 Å². The molecule has 57 heavy (non-hydrogen) atoms. The van der Waals surface area contributed by atoms with Crippen molar-refractivity contribution in [2.45, 2.75) is 0 Å². The maximum absolute atomic E-state index is 6.97. The lowest BCUT2D eigenvalue weighted by molar-refractivity contribution is 0.669. The highest BCUT2D eigenvalue weighted by Crippen LogP contribution is 2.45. The molecule has 4 aromatic heterocycles. The Kier molecular flexibility index (Phi) is 7.03. The molecule has 0 atom stereocenters. The van der Waals surface area contributed by atoms with Crippen molar-refractivity contribution in [3.05, 3.63) is 176 Å². The molecular weight excluding hydrogens is 719 g/mol. The summed E-state index contributed by atoms with van der Waals surface area (Å²) in [7, 11) is 0. The van der Waals surface area contributed by atoms with E-state index in [1.165, 1.54) is 25.7 Å². The second-order valence-corrected chi connectivity index (χ2v) is 15.4. The summed E-state index contributed by atoms with van der Waals surface area (Å²) < 4.78 is 16.2. The van der Waals surface area contributed by atoms with Crippen LogP contribution in [0, 0.1) is 0 Å². The number of furan rings is 2. The SMILES string of the molecule is c1ccc(-c2nc(-c3ccccc3)nc(-c3cccc4c3oc3ccc(-c5cccc6c5oc5c(-c7cccc8sc9ccccc9c78)cccc56)cc34)n2)cc1. The minimum Gasteiger partial charge on any atom is -0.455 e. The third kappa shape index (κ3) is 5.04. The van der Waals surface area contributed by atoms with Gasteiger partial charge in [0.15, 0.2) is 17.5 Å². The van der Waals surface area contributed by atoms with Gasteiger partial charge in [0.2, 0.25) is 0 Å². The fourth-order valence-electron chi connectivity index (χ4n) is 8.33. The number of benzene rings is 8. The minimum absolute atomic E-state index is 0.557. The van der Waals surface area contributed by atoms with Gasteiger partial charge in [0, 0.05) is 64.0 Å². The van der Waals surface area contributed by atoms with E-state index in [-0.39, 0.29) is 0 Å². The zero-order valence-corrected chi connectivity index (χ0v) is 31.1. The second kappa shape index (κ2) is 12.6. The van der Waals surface area contributed by atoms with E-state index in [2.05, 4.69) is 103 Å². The molecule has 0 amide bonds. The third-order valence-electron chi connectivity index (χ3n) is 11.0. The van der Waals surface area contributed by atoms with Crippen LogP contribution in [0.2, 0.25) is 0 Å². The van der Waals surface area contributed by atoms with Gasteiger partial charge in [-0.05, 0) is 41.5 Å². The Morgan fingerprint density at radius 2 is 0.860 bits per heavy atom. The number of aromatic nitrogens is 3. The molecule has 12 rings (SSSR count). The molecule has 0 saturated carbocycles. The number of hydrogen-bond donors (Lipinski definition) is 0. The van der Waals surface area contributed by atoms with Crippen LogP contribution in [0.15, 0.2) is 185 Å². The molecule has 0 spiro atoms. The first-order chi connectivity index (χ1) is 28.2. The van der Waals surface area contributed by atoms with Crippen LogP contribution in [0.1, 0.15) is 0 Å². The van der Waals surface area contributed by atoms with Gasteiger partial charge in [0.1, 0.15) is 22.3 Å². The molecule has 5 nitrogen and oxygen atoms in total. The van der Waals surface area contributed by atoms with Crippen LogP contribution in [0.4, 0.5) is 0 Å². The number of thiophene rings is 1. The molecule has 0 fully saturated rings. The van der Waals surface area contributed by atoms with Crippen molar-refractivity contribution in [2.24, 2.45) is 0 Å². The number of nitrogens with zero attached hydrogens (tertiary/aromatic N) is 3. The normalized spacial score (nSPS) is 11.9. The summed E-state index contributed by atoms with van der Waals surface area (Å²) in [5.41, 5.74) is 10.3. The summed E-state index contributed by atoms with van der Waals surface area (Å²) in [4.78, 5) is 14.9. The van der Waals surface area contributed by atoms with E-state index < -0.39 is 0 Å². The van der Waals surface area contributed by atoms with Crippen LogP contribution in [0.25, 0.3) is 120 Å². The van der Waals surface area contributed by atoms with E-state index in [9.17, 15) is 0 Å². The van der Waals surface area contributed by atoms with Gasteiger partial charge in [-0.1, -0.05) is 146 Å². The van der Waals surface area contributed by atoms with Gasteiger partial charge >= 0.3 is 0 Å². The lowest BCUT2D eigenvalue weighted by Crippen LogP contribution is -2.00. The van der Waals surface area contributed by atoms with Gasteiger partial charge in [-0.15, -0.1) is 11.3 Å². The van der Waals surface area contributed by atoms with Crippen LogP contribution >= 0.6 is 11.3 Å². The highest BCUT2D eigenvalue weighted by molar-refractivity contribution is 7.25. The van der Waals surface area contributed by atoms with E-state index in [4.69, 9.17) is 23.8 Å². The molecule has 0 unspecified atom stereocenters. The van der Waals surface area contributed by atoms with Crippen molar-refractivity contribution < 1.29 is 8.83 Å². The topological polar surface area (TPSA) is 65.0 Å². The van der Waals surface area contributed by atoms with E-state index >= 15 is 0 Å². The Balaban J connectivity index is 1.02. The van der Waals surface area contributed by atoms with Crippen LogP contribution in [0.5, 0.6) is 0 Å². The smallest absolute Gasteiger partial charge is 0.167 e. The first kappa shape index (κ1) is 31.9. The fourth-order valence-corrected chi connectivity index (χ4v) is 9.46. The van der Waals surface area contributed by atoms with E-state index in [1.54, 1.807) is 0 Å². The predicted octanol–water partition coefficient (Wildman–Crippen LogP) is 14.4.